The van der Waals surface area contributed by atoms with Gasteiger partial charge in [-0.2, -0.15) is 0 Å². The van der Waals surface area contributed by atoms with E-state index >= 15 is 0 Å². The fourth-order valence-electron chi connectivity index (χ4n) is 1.77. The molecule has 78 valence electrons. The van der Waals surface area contributed by atoms with Crippen molar-refractivity contribution in [3.63, 3.8) is 0 Å². The minimum absolute atomic E-state index is 0.0677. The molecule has 0 amide bonds. The second-order valence-electron chi connectivity index (χ2n) is 4.54. The van der Waals surface area contributed by atoms with Crippen molar-refractivity contribution in [1.82, 2.24) is 0 Å². The third-order valence-corrected chi connectivity index (χ3v) is 2.63. The molecule has 1 aromatic carbocycles. The van der Waals surface area contributed by atoms with Crippen LogP contribution in [0.4, 0.5) is 4.39 Å². The Morgan fingerprint density at radius 1 is 0.929 bits per heavy atom. The van der Waals surface area contributed by atoms with Crippen molar-refractivity contribution in [2.45, 2.75) is 46.5 Å². The third kappa shape index (κ3) is 2.14. The largest absolute Gasteiger partial charge is 0.207 e. The lowest BCUT2D eigenvalue weighted by atomic mass is 9.92. The Labute approximate surface area is 86.2 Å². The summed E-state index contributed by atoms with van der Waals surface area (Å²) in [6.45, 7) is 10.3. The minimum Gasteiger partial charge on any atom is -0.207 e. The zero-order chi connectivity index (χ0) is 10.9. The molecule has 0 radical (unpaired) electrons. The highest BCUT2D eigenvalue weighted by molar-refractivity contribution is 5.35. The van der Waals surface area contributed by atoms with Crippen LogP contribution in [0.25, 0.3) is 0 Å². The first-order valence-electron chi connectivity index (χ1n) is 5.23. The second-order valence-corrected chi connectivity index (χ2v) is 4.54. The summed E-state index contributed by atoms with van der Waals surface area (Å²) >= 11 is 0. The summed E-state index contributed by atoms with van der Waals surface area (Å²) in [6.07, 6.45) is 0. The molecule has 0 spiro atoms. The van der Waals surface area contributed by atoms with Gasteiger partial charge in [-0.3, -0.25) is 0 Å². The van der Waals surface area contributed by atoms with Gasteiger partial charge < -0.3 is 0 Å². The Morgan fingerprint density at radius 2 is 1.43 bits per heavy atom. The number of rotatable bonds is 2. The molecule has 0 saturated carbocycles. The lowest BCUT2D eigenvalue weighted by Gasteiger charge is -2.15. The Morgan fingerprint density at radius 3 is 1.86 bits per heavy atom. The molecule has 1 rings (SSSR count). The molecule has 0 aromatic heterocycles. The van der Waals surface area contributed by atoms with Crippen molar-refractivity contribution in [1.29, 1.82) is 0 Å². The Kier molecular flexibility index (Phi) is 3.30. The highest BCUT2D eigenvalue weighted by Crippen LogP contribution is 2.26. The molecule has 1 heteroatoms. The molecule has 0 heterocycles. The molecule has 14 heavy (non-hydrogen) atoms. The monoisotopic (exact) mass is 194 g/mol. The van der Waals surface area contributed by atoms with Gasteiger partial charge in [-0.05, 0) is 41.5 Å². The molecule has 0 fully saturated rings. The predicted molar refractivity (Wildman–Crippen MR) is 59.3 cm³/mol. The lowest BCUT2D eigenvalue weighted by molar-refractivity contribution is 0.594. The van der Waals surface area contributed by atoms with Crippen LogP contribution in [0.1, 0.15) is 56.2 Å². The van der Waals surface area contributed by atoms with E-state index in [4.69, 9.17) is 0 Å². The molecule has 0 N–H and O–H groups in total. The molecule has 0 atom stereocenters. The molecule has 0 aliphatic rings. The fourth-order valence-corrected chi connectivity index (χ4v) is 1.77. The predicted octanol–water partition coefficient (Wildman–Crippen LogP) is 4.38. The Hall–Kier alpha value is -0.850. The number of hydrogen-bond acceptors (Lipinski definition) is 0. The molecule has 1 aromatic rings. The standard InChI is InChI=1S/C13H19F/c1-8(2)11-7-12(9(3)4)13(14)6-10(11)5/h6-9H,1-5H3. The van der Waals surface area contributed by atoms with Gasteiger partial charge in [-0.1, -0.05) is 33.8 Å². The van der Waals surface area contributed by atoms with Crippen LogP contribution in [0.2, 0.25) is 0 Å². The number of hydrogen-bond donors (Lipinski definition) is 0. The molecule has 0 bridgehead atoms. The zero-order valence-electron chi connectivity index (χ0n) is 9.69. The van der Waals surface area contributed by atoms with Crippen molar-refractivity contribution in [2.24, 2.45) is 0 Å². The normalized spacial score (nSPS) is 11.4. The van der Waals surface area contributed by atoms with E-state index in [0.717, 1.165) is 11.1 Å². The first kappa shape index (κ1) is 11.2. The SMILES string of the molecule is Cc1cc(F)c(C(C)C)cc1C(C)C. The molecular weight excluding hydrogens is 175 g/mol. The average molecular weight is 194 g/mol. The van der Waals surface area contributed by atoms with E-state index < -0.39 is 0 Å². The molecule has 0 saturated heterocycles. The van der Waals surface area contributed by atoms with Crippen molar-refractivity contribution >= 4 is 0 Å². The van der Waals surface area contributed by atoms with Gasteiger partial charge in [-0.25, -0.2) is 4.39 Å². The van der Waals surface area contributed by atoms with E-state index in [1.807, 2.05) is 26.8 Å². The molecule has 0 aliphatic carbocycles. The van der Waals surface area contributed by atoms with Crippen molar-refractivity contribution in [3.8, 4) is 0 Å². The van der Waals surface area contributed by atoms with E-state index in [1.165, 1.54) is 5.56 Å². The van der Waals surface area contributed by atoms with Crippen LogP contribution in [0.3, 0.4) is 0 Å². The smallest absolute Gasteiger partial charge is 0.126 e. The third-order valence-electron chi connectivity index (χ3n) is 2.63. The van der Waals surface area contributed by atoms with E-state index in [9.17, 15) is 4.39 Å². The number of halogens is 1. The van der Waals surface area contributed by atoms with Gasteiger partial charge in [0.25, 0.3) is 0 Å². The second kappa shape index (κ2) is 4.12. The minimum atomic E-state index is -0.0677. The Bertz CT molecular complexity index is 295. The van der Waals surface area contributed by atoms with Crippen LogP contribution in [0, 0.1) is 12.7 Å². The lowest BCUT2D eigenvalue weighted by Crippen LogP contribution is -2.00. The maximum absolute atomic E-state index is 13.5. The van der Waals surface area contributed by atoms with E-state index in [0.29, 0.717) is 5.92 Å². The molecule has 0 aliphatic heterocycles. The molecule has 0 unspecified atom stereocenters. The van der Waals surface area contributed by atoms with Crippen LogP contribution in [0.5, 0.6) is 0 Å². The van der Waals surface area contributed by atoms with Crippen LogP contribution >= 0.6 is 0 Å². The quantitative estimate of drug-likeness (QED) is 0.655. The van der Waals surface area contributed by atoms with Crippen LogP contribution in [-0.2, 0) is 0 Å². The summed E-state index contributed by atoms with van der Waals surface area (Å²) < 4.78 is 13.5. The van der Waals surface area contributed by atoms with Gasteiger partial charge in [0.1, 0.15) is 5.82 Å². The summed E-state index contributed by atoms with van der Waals surface area (Å²) in [5, 5.41) is 0. The van der Waals surface area contributed by atoms with Gasteiger partial charge in [0.15, 0.2) is 0 Å². The first-order chi connectivity index (χ1) is 6.43. The highest BCUT2D eigenvalue weighted by atomic mass is 19.1. The van der Waals surface area contributed by atoms with Gasteiger partial charge >= 0.3 is 0 Å². The zero-order valence-corrected chi connectivity index (χ0v) is 9.69. The maximum Gasteiger partial charge on any atom is 0.126 e. The van der Waals surface area contributed by atoms with Gasteiger partial charge in [0.05, 0.1) is 0 Å². The summed E-state index contributed by atoms with van der Waals surface area (Å²) in [4.78, 5) is 0. The highest BCUT2D eigenvalue weighted by Gasteiger charge is 2.11. The maximum atomic E-state index is 13.5. The van der Waals surface area contributed by atoms with Gasteiger partial charge in [0.2, 0.25) is 0 Å². The van der Waals surface area contributed by atoms with E-state index in [1.54, 1.807) is 6.07 Å². The number of aryl methyl sites for hydroxylation is 1. The van der Waals surface area contributed by atoms with Crippen LogP contribution in [0.15, 0.2) is 12.1 Å². The Balaban J connectivity index is 3.27. The van der Waals surface area contributed by atoms with E-state index in [-0.39, 0.29) is 11.7 Å². The van der Waals surface area contributed by atoms with Crippen LogP contribution < -0.4 is 0 Å². The molecular formula is C13H19F. The van der Waals surface area contributed by atoms with Crippen molar-refractivity contribution in [3.05, 3.63) is 34.6 Å². The summed E-state index contributed by atoms with van der Waals surface area (Å²) in [6, 6.07) is 3.67. The molecule has 0 nitrogen and oxygen atoms in total. The van der Waals surface area contributed by atoms with Crippen molar-refractivity contribution < 1.29 is 4.39 Å². The van der Waals surface area contributed by atoms with E-state index in [2.05, 4.69) is 13.8 Å². The first-order valence-corrected chi connectivity index (χ1v) is 5.23. The summed E-state index contributed by atoms with van der Waals surface area (Å²) in [7, 11) is 0. The fraction of sp³-hybridized carbons (Fsp3) is 0.538. The van der Waals surface area contributed by atoms with Gasteiger partial charge in [-0.15, -0.1) is 0 Å². The summed E-state index contributed by atoms with van der Waals surface area (Å²) in [5.74, 6) is 0.656. The van der Waals surface area contributed by atoms with Gasteiger partial charge in [0, 0.05) is 0 Å². The summed E-state index contributed by atoms with van der Waals surface area (Å²) in [5.41, 5.74) is 3.15. The number of benzene rings is 1. The topological polar surface area (TPSA) is 0 Å². The van der Waals surface area contributed by atoms with Crippen molar-refractivity contribution in [2.75, 3.05) is 0 Å². The van der Waals surface area contributed by atoms with Crippen LogP contribution in [-0.4, -0.2) is 0 Å². The average Bonchev–Trinajstić information content (AvgIpc) is 2.02.